The van der Waals surface area contributed by atoms with Gasteiger partial charge in [0.15, 0.2) is 5.78 Å². The van der Waals surface area contributed by atoms with Crippen LogP contribution in [0.1, 0.15) is 17.3 Å². The summed E-state index contributed by atoms with van der Waals surface area (Å²) in [6.45, 7) is 1.14. The van der Waals surface area contributed by atoms with Crippen molar-refractivity contribution in [2.45, 2.75) is 6.92 Å². The molecule has 2 rings (SSSR count). The highest BCUT2D eigenvalue weighted by Crippen LogP contribution is 2.17. The molecule has 0 fully saturated rings. The number of carbonyl (C=O) groups excluding carboxylic acids is 1. The van der Waals surface area contributed by atoms with E-state index in [4.69, 9.17) is 15.6 Å². The molecule has 0 saturated carbocycles. The Morgan fingerprint density at radius 2 is 1.94 bits per heavy atom. The topological polar surface area (TPSA) is 96.2 Å². The SMILES string of the molecule is CC(=O)O.NCC(=O)c1c[nH]c2ccccc12. The van der Waals surface area contributed by atoms with Crippen molar-refractivity contribution in [2.75, 3.05) is 6.54 Å². The van der Waals surface area contributed by atoms with Crippen molar-refractivity contribution in [3.8, 4) is 0 Å². The van der Waals surface area contributed by atoms with E-state index in [9.17, 15) is 4.79 Å². The molecule has 0 atom stereocenters. The molecule has 0 aliphatic heterocycles. The molecule has 2 aromatic rings. The van der Waals surface area contributed by atoms with Crippen molar-refractivity contribution in [1.82, 2.24) is 4.98 Å². The van der Waals surface area contributed by atoms with Gasteiger partial charge in [-0.25, -0.2) is 0 Å². The standard InChI is InChI=1S/C10H10N2O.C2H4O2/c11-5-10(13)8-6-12-9-4-2-1-3-7(8)9;1-2(3)4/h1-4,6,12H,5,11H2;1H3,(H,3,4). The van der Waals surface area contributed by atoms with Crippen molar-refractivity contribution in [2.24, 2.45) is 5.73 Å². The fraction of sp³-hybridized carbons (Fsp3) is 0.167. The molecule has 0 spiro atoms. The minimum absolute atomic E-state index is 0.0301. The lowest BCUT2D eigenvalue weighted by molar-refractivity contribution is -0.134. The van der Waals surface area contributed by atoms with Crippen molar-refractivity contribution in [1.29, 1.82) is 0 Å². The quantitative estimate of drug-likeness (QED) is 0.684. The van der Waals surface area contributed by atoms with Crippen LogP contribution in [0.15, 0.2) is 30.5 Å². The Balaban J connectivity index is 0.000000317. The summed E-state index contributed by atoms with van der Waals surface area (Å²) in [5.74, 6) is -0.863. The molecular weight excluding hydrogens is 220 g/mol. The van der Waals surface area contributed by atoms with E-state index in [1.807, 2.05) is 24.3 Å². The normalized spacial score (nSPS) is 9.53. The summed E-state index contributed by atoms with van der Waals surface area (Å²) in [6.07, 6.45) is 1.71. The van der Waals surface area contributed by atoms with Crippen LogP contribution in [0.5, 0.6) is 0 Å². The van der Waals surface area contributed by atoms with Gasteiger partial charge in [0.05, 0.1) is 6.54 Å². The van der Waals surface area contributed by atoms with E-state index in [0.29, 0.717) is 5.56 Å². The van der Waals surface area contributed by atoms with E-state index in [0.717, 1.165) is 17.8 Å². The zero-order valence-corrected chi connectivity index (χ0v) is 9.43. The number of aliphatic carboxylic acids is 1. The molecule has 0 saturated heterocycles. The summed E-state index contributed by atoms with van der Waals surface area (Å²) in [4.78, 5) is 23.4. The van der Waals surface area contributed by atoms with Crippen LogP contribution in [-0.4, -0.2) is 28.4 Å². The number of carboxylic acids is 1. The van der Waals surface area contributed by atoms with Gasteiger partial charge in [0.2, 0.25) is 0 Å². The maximum Gasteiger partial charge on any atom is 0.300 e. The highest BCUT2D eigenvalue weighted by Gasteiger charge is 2.08. The van der Waals surface area contributed by atoms with Gasteiger partial charge in [-0.3, -0.25) is 9.59 Å². The van der Waals surface area contributed by atoms with Crippen LogP contribution >= 0.6 is 0 Å². The molecule has 5 nitrogen and oxygen atoms in total. The van der Waals surface area contributed by atoms with Gasteiger partial charge in [0, 0.05) is 29.6 Å². The molecule has 1 heterocycles. The zero-order chi connectivity index (χ0) is 12.8. The second-order valence-electron chi connectivity index (χ2n) is 3.39. The number of carboxylic acid groups (broad SMARTS) is 1. The number of benzene rings is 1. The first kappa shape index (κ1) is 12.9. The Labute approximate surface area is 98.2 Å². The smallest absolute Gasteiger partial charge is 0.300 e. The third-order valence-electron chi connectivity index (χ3n) is 2.08. The third-order valence-corrected chi connectivity index (χ3v) is 2.08. The zero-order valence-electron chi connectivity index (χ0n) is 9.43. The number of para-hydroxylation sites is 1. The van der Waals surface area contributed by atoms with Crippen molar-refractivity contribution in [3.63, 3.8) is 0 Å². The van der Waals surface area contributed by atoms with Crippen molar-refractivity contribution in [3.05, 3.63) is 36.0 Å². The minimum Gasteiger partial charge on any atom is -0.481 e. The fourth-order valence-corrected chi connectivity index (χ4v) is 1.41. The number of nitrogens with one attached hydrogen (secondary N) is 1. The molecule has 90 valence electrons. The number of nitrogens with two attached hydrogens (primary N) is 1. The Morgan fingerprint density at radius 3 is 2.53 bits per heavy atom. The average molecular weight is 234 g/mol. The number of hydrogen-bond donors (Lipinski definition) is 3. The number of fused-ring (bicyclic) bond motifs is 1. The highest BCUT2D eigenvalue weighted by molar-refractivity contribution is 6.08. The van der Waals surface area contributed by atoms with E-state index in [1.54, 1.807) is 6.20 Å². The predicted molar refractivity (Wildman–Crippen MR) is 65.0 cm³/mol. The van der Waals surface area contributed by atoms with E-state index in [1.165, 1.54) is 0 Å². The third kappa shape index (κ3) is 3.42. The van der Waals surface area contributed by atoms with E-state index in [-0.39, 0.29) is 12.3 Å². The molecule has 4 N–H and O–H groups in total. The van der Waals surface area contributed by atoms with Gasteiger partial charge < -0.3 is 15.8 Å². The van der Waals surface area contributed by atoms with E-state index < -0.39 is 5.97 Å². The summed E-state index contributed by atoms with van der Waals surface area (Å²) in [6, 6.07) is 7.68. The first-order valence-electron chi connectivity index (χ1n) is 5.05. The number of carbonyl (C=O) groups is 2. The van der Waals surface area contributed by atoms with Gasteiger partial charge in [-0.2, -0.15) is 0 Å². The maximum absolute atomic E-state index is 11.3. The summed E-state index contributed by atoms with van der Waals surface area (Å²) in [5.41, 5.74) is 6.94. The molecule has 0 bridgehead atoms. The number of aromatic amines is 1. The van der Waals surface area contributed by atoms with Crippen LogP contribution in [0, 0.1) is 0 Å². The van der Waals surface area contributed by atoms with E-state index >= 15 is 0 Å². The molecule has 0 aliphatic carbocycles. The Morgan fingerprint density at radius 1 is 1.35 bits per heavy atom. The van der Waals surface area contributed by atoms with Crippen LogP contribution in [0.3, 0.4) is 0 Å². The summed E-state index contributed by atoms with van der Waals surface area (Å²) in [7, 11) is 0. The number of rotatable bonds is 2. The lowest BCUT2D eigenvalue weighted by Crippen LogP contribution is -2.12. The lowest BCUT2D eigenvalue weighted by atomic mass is 10.1. The monoisotopic (exact) mass is 234 g/mol. The molecule has 0 amide bonds. The molecule has 1 aromatic heterocycles. The van der Waals surface area contributed by atoms with Crippen LogP contribution < -0.4 is 5.73 Å². The molecule has 0 radical (unpaired) electrons. The number of aromatic nitrogens is 1. The number of ketones is 1. The fourth-order valence-electron chi connectivity index (χ4n) is 1.41. The Bertz CT molecular complexity index is 527. The largest absolute Gasteiger partial charge is 0.481 e. The first-order valence-corrected chi connectivity index (χ1v) is 5.05. The molecule has 0 aliphatic rings. The van der Waals surface area contributed by atoms with Crippen LogP contribution in [0.4, 0.5) is 0 Å². The summed E-state index contributed by atoms with van der Waals surface area (Å²) in [5, 5.41) is 8.36. The van der Waals surface area contributed by atoms with Crippen LogP contribution in [0.25, 0.3) is 10.9 Å². The first-order chi connectivity index (χ1) is 8.06. The molecular formula is C12H14N2O3. The lowest BCUT2D eigenvalue weighted by Gasteiger charge is -1.93. The van der Waals surface area contributed by atoms with Crippen LogP contribution in [0.2, 0.25) is 0 Å². The van der Waals surface area contributed by atoms with Crippen molar-refractivity contribution >= 4 is 22.7 Å². The van der Waals surface area contributed by atoms with Gasteiger partial charge in [-0.1, -0.05) is 18.2 Å². The Hall–Kier alpha value is -2.14. The Kier molecular flexibility index (Phi) is 4.42. The van der Waals surface area contributed by atoms with Gasteiger partial charge in [0.25, 0.3) is 5.97 Å². The molecule has 1 aromatic carbocycles. The van der Waals surface area contributed by atoms with Crippen molar-refractivity contribution < 1.29 is 14.7 Å². The average Bonchev–Trinajstić information content (AvgIpc) is 2.71. The number of hydrogen-bond acceptors (Lipinski definition) is 3. The van der Waals surface area contributed by atoms with Gasteiger partial charge >= 0.3 is 0 Å². The second kappa shape index (κ2) is 5.81. The molecule has 0 unspecified atom stereocenters. The van der Waals surface area contributed by atoms with Crippen LogP contribution in [-0.2, 0) is 4.79 Å². The number of Topliss-reactive ketones (excluding diaryl/α,β-unsaturated/α-hetero) is 1. The maximum atomic E-state index is 11.3. The van der Waals surface area contributed by atoms with Gasteiger partial charge in [0.1, 0.15) is 0 Å². The second-order valence-corrected chi connectivity index (χ2v) is 3.39. The van der Waals surface area contributed by atoms with Gasteiger partial charge in [-0.15, -0.1) is 0 Å². The summed E-state index contributed by atoms with van der Waals surface area (Å²) >= 11 is 0. The highest BCUT2D eigenvalue weighted by atomic mass is 16.4. The number of H-pyrrole nitrogens is 1. The van der Waals surface area contributed by atoms with Gasteiger partial charge in [-0.05, 0) is 6.07 Å². The molecule has 17 heavy (non-hydrogen) atoms. The molecule has 5 heteroatoms. The van der Waals surface area contributed by atoms with E-state index in [2.05, 4.69) is 4.98 Å². The summed E-state index contributed by atoms with van der Waals surface area (Å²) < 4.78 is 0. The minimum atomic E-state index is -0.833. The predicted octanol–water partition coefficient (Wildman–Crippen LogP) is 1.40.